The Morgan fingerprint density at radius 1 is 1.21 bits per heavy atom. The van der Waals surface area contributed by atoms with Gasteiger partial charge in [-0.25, -0.2) is 0 Å². The molecular formula is C9H8F3IO. The molecular weight excluding hydrogens is 308 g/mol. The molecule has 5 heteroatoms. The van der Waals surface area contributed by atoms with Crippen molar-refractivity contribution in [1.29, 1.82) is 0 Å². The van der Waals surface area contributed by atoms with Gasteiger partial charge in [-0.05, 0) is 17.7 Å². The molecule has 0 aliphatic heterocycles. The van der Waals surface area contributed by atoms with E-state index in [2.05, 4.69) is 0 Å². The minimum Gasteiger partial charge on any atom is -0.497 e. The third kappa shape index (κ3) is 2.76. The van der Waals surface area contributed by atoms with Crippen LogP contribution in [0.1, 0.15) is 9.49 Å². The number of benzene rings is 1. The van der Waals surface area contributed by atoms with Gasteiger partial charge in [0.2, 0.25) is 0 Å². The van der Waals surface area contributed by atoms with Crippen LogP contribution in [-0.2, 0) is 0 Å². The smallest absolute Gasteiger partial charge is 0.404 e. The summed E-state index contributed by atoms with van der Waals surface area (Å²) in [5, 5.41) is 0. The van der Waals surface area contributed by atoms with E-state index in [1.807, 2.05) is 0 Å². The fourth-order valence-corrected chi connectivity index (χ4v) is 1.38. The summed E-state index contributed by atoms with van der Waals surface area (Å²) < 4.78 is 40.2. The molecule has 0 aliphatic rings. The lowest BCUT2D eigenvalue weighted by molar-refractivity contribution is -0.125. The van der Waals surface area contributed by atoms with Crippen LogP contribution >= 0.6 is 22.6 Å². The minimum atomic E-state index is -4.20. The predicted octanol–water partition coefficient (Wildman–Crippen LogP) is 3.73. The van der Waals surface area contributed by atoms with Crippen molar-refractivity contribution in [2.24, 2.45) is 0 Å². The van der Waals surface area contributed by atoms with Gasteiger partial charge in [0.1, 0.15) is 9.67 Å². The SMILES string of the molecule is COc1ccc(C(I)C(F)(F)F)cc1. The lowest BCUT2D eigenvalue weighted by Gasteiger charge is -2.14. The first kappa shape index (κ1) is 11.6. The van der Waals surface area contributed by atoms with Gasteiger partial charge in [0.15, 0.2) is 0 Å². The van der Waals surface area contributed by atoms with E-state index in [0.29, 0.717) is 5.75 Å². The molecule has 0 spiro atoms. The Hall–Kier alpha value is -0.460. The first-order chi connectivity index (χ1) is 6.45. The fraction of sp³-hybridized carbons (Fsp3) is 0.333. The summed E-state index contributed by atoms with van der Waals surface area (Å²) in [7, 11) is 1.47. The Labute approximate surface area is 93.4 Å². The first-order valence-corrected chi connectivity index (χ1v) is 5.04. The quantitative estimate of drug-likeness (QED) is 0.597. The highest BCUT2D eigenvalue weighted by Crippen LogP contribution is 2.40. The lowest BCUT2D eigenvalue weighted by Crippen LogP contribution is -2.14. The summed E-state index contributed by atoms with van der Waals surface area (Å²) in [6.45, 7) is 0. The normalized spacial score (nSPS) is 13.8. The van der Waals surface area contributed by atoms with E-state index in [9.17, 15) is 13.2 Å². The van der Waals surface area contributed by atoms with Crippen molar-refractivity contribution in [2.45, 2.75) is 10.1 Å². The largest absolute Gasteiger partial charge is 0.497 e. The fourth-order valence-electron chi connectivity index (χ4n) is 0.962. The monoisotopic (exact) mass is 316 g/mol. The average molecular weight is 316 g/mol. The molecule has 1 aromatic rings. The van der Waals surface area contributed by atoms with E-state index < -0.39 is 10.1 Å². The maximum atomic E-state index is 12.3. The number of ether oxygens (including phenoxy) is 1. The molecule has 0 amide bonds. The van der Waals surface area contributed by atoms with E-state index in [1.165, 1.54) is 54.0 Å². The highest BCUT2D eigenvalue weighted by atomic mass is 127. The van der Waals surface area contributed by atoms with Gasteiger partial charge in [-0.15, -0.1) is 0 Å². The Morgan fingerprint density at radius 2 is 1.71 bits per heavy atom. The van der Waals surface area contributed by atoms with E-state index in [0.717, 1.165) is 0 Å². The van der Waals surface area contributed by atoms with Crippen LogP contribution in [0.15, 0.2) is 24.3 Å². The molecule has 0 N–H and O–H groups in total. The molecule has 1 atom stereocenters. The third-order valence-electron chi connectivity index (χ3n) is 1.70. The molecule has 1 nitrogen and oxygen atoms in total. The van der Waals surface area contributed by atoms with Gasteiger partial charge in [0, 0.05) is 0 Å². The highest BCUT2D eigenvalue weighted by molar-refractivity contribution is 14.1. The van der Waals surface area contributed by atoms with Crippen molar-refractivity contribution in [2.75, 3.05) is 7.11 Å². The first-order valence-electron chi connectivity index (χ1n) is 3.80. The molecule has 0 saturated carbocycles. The zero-order valence-corrected chi connectivity index (χ0v) is 9.46. The number of rotatable bonds is 2. The van der Waals surface area contributed by atoms with Crippen LogP contribution in [0.2, 0.25) is 0 Å². The van der Waals surface area contributed by atoms with Gasteiger partial charge in [-0.2, -0.15) is 13.2 Å². The number of hydrogen-bond donors (Lipinski definition) is 0. The summed E-state index contributed by atoms with van der Waals surface area (Å²) in [5.74, 6) is 0.555. The van der Waals surface area contributed by atoms with E-state index >= 15 is 0 Å². The Balaban J connectivity index is 2.87. The second-order valence-electron chi connectivity index (χ2n) is 2.68. The molecule has 14 heavy (non-hydrogen) atoms. The molecule has 1 unspecified atom stereocenters. The maximum absolute atomic E-state index is 12.3. The molecule has 1 rings (SSSR count). The lowest BCUT2D eigenvalue weighted by atomic mass is 10.1. The van der Waals surface area contributed by atoms with Gasteiger partial charge in [0.25, 0.3) is 0 Å². The summed E-state index contributed by atoms with van der Waals surface area (Å²) in [6, 6.07) is 5.88. The Bertz CT molecular complexity index is 294. The topological polar surface area (TPSA) is 9.23 Å². The minimum absolute atomic E-state index is 0.235. The van der Waals surface area contributed by atoms with Gasteiger partial charge in [-0.3, -0.25) is 0 Å². The molecule has 0 aromatic heterocycles. The van der Waals surface area contributed by atoms with Crippen molar-refractivity contribution < 1.29 is 17.9 Å². The Morgan fingerprint density at radius 3 is 2.07 bits per heavy atom. The standard InChI is InChI=1S/C9H8F3IO/c1-14-7-4-2-6(3-5-7)8(13)9(10,11)12/h2-5,8H,1H3. The van der Waals surface area contributed by atoms with Gasteiger partial charge in [-0.1, -0.05) is 34.7 Å². The van der Waals surface area contributed by atoms with Crippen molar-refractivity contribution in [1.82, 2.24) is 0 Å². The van der Waals surface area contributed by atoms with Crippen molar-refractivity contribution >= 4 is 22.6 Å². The molecule has 0 saturated heterocycles. The van der Waals surface area contributed by atoms with Crippen molar-refractivity contribution in [3.63, 3.8) is 0 Å². The Kier molecular flexibility index (Phi) is 3.63. The summed E-state index contributed by atoms with van der Waals surface area (Å²) in [5.41, 5.74) is 0.235. The van der Waals surface area contributed by atoms with Gasteiger partial charge >= 0.3 is 6.18 Å². The summed E-state index contributed by atoms with van der Waals surface area (Å²) in [4.78, 5) is 0. The van der Waals surface area contributed by atoms with Crippen molar-refractivity contribution in [3.8, 4) is 5.75 Å². The van der Waals surface area contributed by atoms with Crippen LogP contribution < -0.4 is 4.74 Å². The van der Waals surface area contributed by atoms with Gasteiger partial charge < -0.3 is 4.74 Å². The highest BCUT2D eigenvalue weighted by Gasteiger charge is 2.38. The van der Waals surface area contributed by atoms with Crippen LogP contribution in [0.4, 0.5) is 13.2 Å². The van der Waals surface area contributed by atoms with Crippen LogP contribution in [0.5, 0.6) is 5.75 Å². The van der Waals surface area contributed by atoms with Crippen LogP contribution in [0, 0.1) is 0 Å². The number of hydrogen-bond acceptors (Lipinski definition) is 1. The summed E-state index contributed by atoms with van der Waals surface area (Å²) >= 11 is 1.37. The predicted molar refractivity (Wildman–Crippen MR) is 55.8 cm³/mol. The maximum Gasteiger partial charge on any atom is 0.404 e. The number of methoxy groups -OCH3 is 1. The zero-order chi connectivity index (χ0) is 10.8. The second kappa shape index (κ2) is 4.37. The zero-order valence-electron chi connectivity index (χ0n) is 7.31. The average Bonchev–Trinajstić information content (AvgIpc) is 2.15. The van der Waals surface area contributed by atoms with Gasteiger partial charge in [0.05, 0.1) is 7.11 Å². The molecule has 78 valence electrons. The van der Waals surface area contributed by atoms with Crippen molar-refractivity contribution in [3.05, 3.63) is 29.8 Å². The van der Waals surface area contributed by atoms with Crippen LogP contribution in [0.3, 0.4) is 0 Å². The number of alkyl halides is 4. The number of halogens is 4. The molecule has 0 radical (unpaired) electrons. The second-order valence-corrected chi connectivity index (χ2v) is 3.92. The molecule has 1 aromatic carbocycles. The van der Waals surface area contributed by atoms with E-state index in [-0.39, 0.29) is 5.56 Å². The summed E-state index contributed by atoms with van der Waals surface area (Å²) in [6.07, 6.45) is -4.20. The van der Waals surface area contributed by atoms with Crippen LogP contribution in [-0.4, -0.2) is 13.3 Å². The molecule has 0 aliphatic carbocycles. The van der Waals surface area contributed by atoms with E-state index in [1.54, 1.807) is 0 Å². The van der Waals surface area contributed by atoms with Crippen LogP contribution in [0.25, 0.3) is 0 Å². The third-order valence-corrected chi connectivity index (χ3v) is 3.12. The molecule has 0 fully saturated rings. The molecule has 0 heterocycles. The van der Waals surface area contributed by atoms with E-state index in [4.69, 9.17) is 4.74 Å². The molecule has 0 bridgehead atoms.